The predicted octanol–water partition coefficient (Wildman–Crippen LogP) is 1.96. The highest BCUT2D eigenvalue weighted by Gasteiger charge is 2.17. The van der Waals surface area contributed by atoms with Crippen molar-refractivity contribution in [2.24, 2.45) is 0 Å². The minimum absolute atomic E-state index is 0. The van der Waals surface area contributed by atoms with Crippen LogP contribution in [0.2, 0.25) is 0 Å². The zero-order chi connectivity index (χ0) is 10.7. The Kier molecular flexibility index (Phi) is 5.25. The number of hydrogen-bond donors (Lipinski definition) is 2. The molecule has 0 saturated carbocycles. The van der Waals surface area contributed by atoms with Gasteiger partial charge in [-0.1, -0.05) is 15.9 Å². The minimum Gasteiger partial charge on any atom is -0.348 e. The lowest BCUT2D eigenvalue weighted by Gasteiger charge is -2.10. The zero-order valence-corrected chi connectivity index (χ0v) is 11.1. The van der Waals surface area contributed by atoms with Gasteiger partial charge in [-0.05, 0) is 37.2 Å². The molecule has 5 heteroatoms. The SMILES string of the molecule is Cl.O=C(NC1CCNC1)c1ccc(Br)cc1. The molecule has 0 aromatic heterocycles. The third kappa shape index (κ3) is 3.47. The highest BCUT2D eigenvalue weighted by atomic mass is 79.9. The normalized spacial score (nSPS) is 18.9. The third-order valence-corrected chi connectivity index (χ3v) is 3.03. The van der Waals surface area contributed by atoms with Crippen LogP contribution in [0.1, 0.15) is 16.8 Å². The third-order valence-electron chi connectivity index (χ3n) is 2.50. The molecule has 1 fully saturated rings. The van der Waals surface area contributed by atoms with Crippen molar-refractivity contribution in [3.63, 3.8) is 0 Å². The molecule has 1 amide bonds. The molecule has 2 rings (SSSR count). The van der Waals surface area contributed by atoms with Crippen molar-refractivity contribution >= 4 is 34.2 Å². The summed E-state index contributed by atoms with van der Waals surface area (Å²) in [5.74, 6) is 0.0104. The van der Waals surface area contributed by atoms with E-state index >= 15 is 0 Å². The lowest BCUT2D eigenvalue weighted by atomic mass is 10.2. The summed E-state index contributed by atoms with van der Waals surface area (Å²) in [7, 11) is 0. The molecular weight excluding hydrogens is 291 g/mol. The van der Waals surface area contributed by atoms with Gasteiger partial charge in [0.25, 0.3) is 5.91 Å². The fraction of sp³-hybridized carbons (Fsp3) is 0.364. The van der Waals surface area contributed by atoms with Crippen molar-refractivity contribution in [3.05, 3.63) is 34.3 Å². The molecule has 0 aliphatic carbocycles. The van der Waals surface area contributed by atoms with Gasteiger partial charge in [0.2, 0.25) is 0 Å². The standard InChI is InChI=1S/C11H13BrN2O.ClH/c12-9-3-1-8(2-4-9)11(15)14-10-5-6-13-7-10;/h1-4,10,13H,5-7H2,(H,14,15);1H. The molecular formula is C11H14BrClN2O. The first-order chi connectivity index (χ1) is 7.25. The Labute approximate surface area is 110 Å². The van der Waals surface area contributed by atoms with Crippen LogP contribution in [0, 0.1) is 0 Å². The smallest absolute Gasteiger partial charge is 0.251 e. The van der Waals surface area contributed by atoms with Crippen LogP contribution in [0.4, 0.5) is 0 Å². The van der Waals surface area contributed by atoms with Crippen molar-refractivity contribution in [1.29, 1.82) is 0 Å². The number of halogens is 2. The van der Waals surface area contributed by atoms with Gasteiger partial charge in [-0.15, -0.1) is 12.4 Å². The Morgan fingerprint density at radius 1 is 1.38 bits per heavy atom. The molecule has 1 aromatic rings. The van der Waals surface area contributed by atoms with Gasteiger partial charge in [0.15, 0.2) is 0 Å². The van der Waals surface area contributed by atoms with Crippen LogP contribution >= 0.6 is 28.3 Å². The molecule has 0 spiro atoms. The van der Waals surface area contributed by atoms with E-state index in [1.807, 2.05) is 24.3 Å². The van der Waals surface area contributed by atoms with E-state index in [0.717, 1.165) is 24.0 Å². The van der Waals surface area contributed by atoms with Crippen LogP contribution in [-0.4, -0.2) is 25.0 Å². The second-order valence-corrected chi connectivity index (χ2v) is 4.59. The highest BCUT2D eigenvalue weighted by Crippen LogP contribution is 2.10. The number of amides is 1. The molecule has 0 bridgehead atoms. The average molecular weight is 306 g/mol. The van der Waals surface area contributed by atoms with Crippen LogP contribution in [-0.2, 0) is 0 Å². The first-order valence-corrected chi connectivity index (χ1v) is 5.82. The van der Waals surface area contributed by atoms with Crippen molar-refractivity contribution in [1.82, 2.24) is 10.6 Å². The number of benzene rings is 1. The molecule has 1 aliphatic rings. The van der Waals surface area contributed by atoms with E-state index in [9.17, 15) is 4.79 Å². The van der Waals surface area contributed by atoms with Gasteiger partial charge in [0.1, 0.15) is 0 Å². The summed E-state index contributed by atoms with van der Waals surface area (Å²) in [5, 5.41) is 6.21. The monoisotopic (exact) mass is 304 g/mol. The number of carbonyl (C=O) groups is 1. The van der Waals surface area contributed by atoms with Crippen molar-refractivity contribution in [2.75, 3.05) is 13.1 Å². The van der Waals surface area contributed by atoms with E-state index in [4.69, 9.17) is 0 Å². The maximum atomic E-state index is 11.8. The largest absolute Gasteiger partial charge is 0.348 e. The summed E-state index contributed by atoms with van der Waals surface area (Å²) in [6, 6.07) is 7.67. The summed E-state index contributed by atoms with van der Waals surface area (Å²) in [4.78, 5) is 11.8. The van der Waals surface area contributed by atoms with Crippen LogP contribution in [0.5, 0.6) is 0 Å². The summed E-state index contributed by atoms with van der Waals surface area (Å²) in [6.45, 7) is 1.87. The van der Waals surface area contributed by atoms with E-state index in [1.165, 1.54) is 0 Å². The molecule has 3 nitrogen and oxygen atoms in total. The van der Waals surface area contributed by atoms with E-state index < -0.39 is 0 Å². The summed E-state index contributed by atoms with van der Waals surface area (Å²) in [6.07, 6.45) is 1.02. The molecule has 1 unspecified atom stereocenters. The Morgan fingerprint density at radius 3 is 2.62 bits per heavy atom. The minimum atomic E-state index is 0. The zero-order valence-electron chi connectivity index (χ0n) is 8.70. The fourth-order valence-corrected chi connectivity index (χ4v) is 1.91. The van der Waals surface area contributed by atoms with Crippen LogP contribution < -0.4 is 10.6 Å². The fourth-order valence-electron chi connectivity index (χ4n) is 1.65. The second-order valence-electron chi connectivity index (χ2n) is 3.67. The van der Waals surface area contributed by atoms with Crippen LogP contribution in [0.25, 0.3) is 0 Å². The Balaban J connectivity index is 0.00000128. The van der Waals surface area contributed by atoms with Gasteiger partial charge in [0, 0.05) is 22.6 Å². The molecule has 2 N–H and O–H groups in total. The topological polar surface area (TPSA) is 41.1 Å². The van der Waals surface area contributed by atoms with E-state index in [1.54, 1.807) is 0 Å². The second kappa shape index (κ2) is 6.23. The maximum absolute atomic E-state index is 11.8. The lowest BCUT2D eigenvalue weighted by Crippen LogP contribution is -2.36. The molecule has 88 valence electrons. The van der Waals surface area contributed by atoms with Crippen molar-refractivity contribution < 1.29 is 4.79 Å². The number of carbonyl (C=O) groups excluding carboxylic acids is 1. The Morgan fingerprint density at radius 2 is 2.06 bits per heavy atom. The Hall–Kier alpha value is -0.580. The molecule has 1 atom stereocenters. The lowest BCUT2D eigenvalue weighted by molar-refractivity contribution is 0.0940. The first kappa shape index (κ1) is 13.5. The molecule has 16 heavy (non-hydrogen) atoms. The Bertz CT molecular complexity index is 350. The van der Waals surface area contributed by atoms with Crippen molar-refractivity contribution in [2.45, 2.75) is 12.5 Å². The summed E-state index contributed by atoms with van der Waals surface area (Å²) in [5.41, 5.74) is 0.713. The van der Waals surface area contributed by atoms with Crippen molar-refractivity contribution in [3.8, 4) is 0 Å². The first-order valence-electron chi connectivity index (χ1n) is 5.03. The van der Waals surface area contributed by atoms with Gasteiger partial charge in [-0.25, -0.2) is 0 Å². The number of nitrogens with one attached hydrogen (secondary N) is 2. The van der Waals surface area contributed by atoms with Gasteiger partial charge >= 0.3 is 0 Å². The van der Waals surface area contributed by atoms with Gasteiger partial charge < -0.3 is 10.6 Å². The van der Waals surface area contributed by atoms with Crippen LogP contribution in [0.15, 0.2) is 28.7 Å². The van der Waals surface area contributed by atoms with Crippen LogP contribution in [0.3, 0.4) is 0 Å². The molecule has 1 aromatic carbocycles. The van der Waals surface area contributed by atoms with Gasteiger partial charge in [-0.3, -0.25) is 4.79 Å². The van der Waals surface area contributed by atoms with E-state index in [-0.39, 0.29) is 24.4 Å². The molecule has 1 heterocycles. The number of rotatable bonds is 2. The predicted molar refractivity (Wildman–Crippen MR) is 70.1 cm³/mol. The van der Waals surface area contributed by atoms with Gasteiger partial charge in [0.05, 0.1) is 0 Å². The summed E-state index contributed by atoms with van der Waals surface area (Å²) < 4.78 is 0.988. The molecule has 0 radical (unpaired) electrons. The molecule has 1 saturated heterocycles. The quantitative estimate of drug-likeness (QED) is 0.877. The summed E-state index contributed by atoms with van der Waals surface area (Å²) >= 11 is 3.34. The average Bonchev–Trinajstić information content (AvgIpc) is 2.71. The molecule has 1 aliphatic heterocycles. The van der Waals surface area contributed by atoms with E-state index in [2.05, 4.69) is 26.6 Å². The highest BCUT2D eigenvalue weighted by molar-refractivity contribution is 9.10. The van der Waals surface area contributed by atoms with E-state index in [0.29, 0.717) is 5.56 Å². The number of hydrogen-bond acceptors (Lipinski definition) is 2. The van der Waals surface area contributed by atoms with Gasteiger partial charge in [-0.2, -0.15) is 0 Å². The maximum Gasteiger partial charge on any atom is 0.251 e.